The molecule has 0 amide bonds. The Hall–Kier alpha value is -0.780. The summed E-state index contributed by atoms with van der Waals surface area (Å²) in [5.74, 6) is 0. The molecule has 0 aromatic heterocycles. The van der Waals surface area contributed by atoms with Crippen LogP contribution in [-0.4, -0.2) is 0 Å². The van der Waals surface area contributed by atoms with Gasteiger partial charge in [-0.3, -0.25) is 0 Å². The molecule has 2 aliphatic carbocycles. The fourth-order valence-corrected chi connectivity index (χ4v) is 1.76. The van der Waals surface area contributed by atoms with Crippen LogP contribution in [0.5, 0.6) is 0 Å². The minimum absolute atomic E-state index is 1.24. The zero-order valence-electron chi connectivity index (χ0n) is 6.98. The van der Waals surface area contributed by atoms with E-state index in [0.717, 1.165) is 0 Å². The smallest absolute Gasteiger partial charge is 0.00738 e. The van der Waals surface area contributed by atoms with Crippen LogP contribution in [0.15, 0.2) is 28.9 Å². The molecule has 0 aliphatic heterocycles. The van der Waals surface area contributed by atoms with E-state index in [4.69, 9.17) is 0 Å². The Labute approximate surface area is 68.3 Å². The summed E-state index contributed by atoms with van der Waals surface area (Å²) in [6.45, 7) is 2.13. The van der Waals surface area contributed by atoms with E-state index in [-0.39, 0.29) is 0 Å². The average molecular weight is 145 g/mol. The fraction of sp³-hybridized carbons (Fsp3) is 0.455. The maximum Gasteiger partial charge on any atom is -0.00738 e. The third-order valence-corrected chi connectivity index (χ3v) is 2.32. The van der Waals surface area contributed by atoms with E-state index in [0.29, 0.717) is 0 Å². The fourth-order valence-electron chi connectivity index (χ4n) is 1.76. The first-order valence-corrected chi connectivity index (χ1v) is 4.38. The average Bonchev–Trinajstić information content (AvgIpc) is 2.17. The molecule has 57 valence electrons. The lowest BCUT2D eigenvalue weighted by molar-refractivity contribution is 0.765. The van der Waals surface area contributed by atoms with E-state index in [1.165, 1.54) is 42.4 Å². The van der Waals surface area contributed by atoms with Gasteiger partial charge in [0.1, 0.15) is 0 Å². The minimum atomic E-state index is 1.24. The van der Waals surface area contributed by atoms with E-state index < -0.39 is 0 Å². The molecule has 0 spiro atoms. The Balaban J connectivity index is 2.31. The molecule has 0 saturated heterocycles. The molecule has 2 rings (SSSR count). The van der Waals surface area contributed by atoms with Crippen LogP contribution in [0.4, 0.5) is 0 Å². The highest BCUT2D eigenvalue weighted by Gasteiger charge is 2.11. The maximum atomic E-state index is 3.38. The zero-order chi connectivity index (χ0) is 7.68. The largest absolute Gasteiger partial charge is 0.0764 e. The van der Waals surface area contributed by atoms with Crippen molar-refractivity contribution in [1.82, 2.24) is 0 Å². The van der Waals surface area contributed by atoms with Gasteiger partial charge in [0.2, 0.25) is 0 Å². The summed E-state index contributed by atoms with van der Waals surface area (Å²) >= 11 is 0. The molecule has 0 saturated carbocycles. The van der Waals surface area contributed by atoms with E-state index in [9.17, 15) is 0 Å². The zero-order valence-corrected chi connectivity index (χ0v) is 6.98. The molecule has 0 unspecified atom stereocenters. The molecule has 0 aromatic rings. The van der Waals surface area contributed by atoms with E-state index >= 15 is 0 Å². The molecule has 0 N–H and O–H groups in total. The summed E-state index contributed by atoms with van der Waals surface area (Å²) in [5, 5.41) is 0. The van der Waals surface area contributed by atoms with Crippen LogP contribution in [0.3, 0.4) is 0 Å². The van der Waals surface area contributed by atoms with Crippen molar-refractivity contribution in [2.24, 2.45) is 0 Å². The van der Waals surface area contributed by atoms with Gasteiger partial charge in [-0.2, -0.15) is 0 Å². The molecule has 2 aliphatic rings. The Morgan fingerprint density at radius 3 is 3.18 bits per heavy atom. The normalized spacial score (nSPS) is 23.2. The van der Waals surface area contributed by atoms with Crippen molar-refractivity contribution in [3.8, 4) is 0 Å². The van der Waals surface area contributed by atoms with Crippen molar-refractivity contribution in [2.45, 2.75) is 32.6 Å². The SMILES string of the molecule is CC1=[C]C2=CCCCCC2=C1. The molecular formula is C11H13. The highest BCUT2D eigenvalue weighted by Crippen LogP contribution is 2.29. The van der Waals surface area contributed by atoms with Crippen LogP contribution < -0.4 is 0 Å². The molecule has 0 heterocycles. The van der Waals surface area contributed by atoms with Gasteiger partial charge in [-0.15, -0.1) is 0 Å². The molecule has 0 bridgehead atoms. The molecule has 11 heavy (non-hydrogen) atoms. The van der Waals surface area contributed by atoms with Crippen LogP contribution in [0.25, 0.3) is 0 Å². The summed E-state index contributed by atoms with van der Waals surface area (Å²) in [4.78, 5) is 0. The van der Waals surface area contributed by atoms with E-state index in [2.05, 4.69) is 25.2 Å². The number of hydrogen-bond acceptors (Lipinski definition) is 0. The maximum absolute atomic E-state index is 3.38. The van der Waals surface area contributed by atoms with Crippen molar-refractivity contribution in [2.75, 3.05) is 0 Å². The number of hydrogen-bond donors (Lipinski definition) is 0. The Bertz CT molecular complexity index is 251. The minimum Gasteiger partial charge on any atom is -0.0764 e. The number of rotatable bonds is 0. The monoisotopic (exact) mass is 145 g/mol. The molecule has 0 nitrogen and oxygen atoms in total. The van der Waals surface area contributed by atoms with Crippen molar-refractivity contribution in [1.29, 1.82) is 0 Å². The third-order valence-electron chi connectivity index (χ3n) is 2.32. The van der Waals surface area contributed by atoms with Gasteiger partial charge in [-0.25, -0.2) is 0 Å². The second-order valence-electron chi connectivity index (χ2n) is 3.34. The standard InChI is InChI=1S/C11H13/c1-9-7-10-5-3-2-4-6-11(10)8-9/h5,8H,2-4,6H2,1H3. The van der Waals surface area contributed by atoms with Gasteiger partial charge in [0.05, 0.1) is 0 Å². The molecule has 0 fully saturated rings. The van der Waals surface area contributed by atoms with Crippen LogP contribution in [0.2, 0.25) is 0 Å². The van der Waals surface area contributed by atoms with E-state index in [1.54, 1.807) is 0 Å². The first-order valence-electron chi connectivity index (χ1n) is 4.38. The van der Waals surface area contributed by atoms with Gasteiger partial charge >= 0.3 is 0 Å². The first-order chi connectivity index (χ1) is 5.36. The Kier molecular flexibility index (Phi) is 1.69. The third kappa shape index (κ3) is 1.30. The molecule has 0 heteroatoms. The lowest BCUT2D eigenvalue weighted by Gasteiger charge is -1.97. The number of allylic oxidation sites excluding steroid dienone is 6. The van der Waals surface area contributed by atoms with Gasteiger partial charge in [-0.05, 0) is 55.4 Å². The molecule has 1 radical (unpaired) electrons. The van der Waals surface area contributed by atoms with Crippen LogP contribution >= 0.6 is 0 Å². The lowest BCUT2D eigenvalue weighted by atomic mass is 10.1. The summed E-state index contributed by atoms with van der Waals surface area (Å²) in [5.41, 5.74) is 4.19. The van der Waals surface area contributed by atoms with Crippen molar-refractivity contribution >= 4 is 0 Å². The predicted molar refractivity (Wildman–Crippen MR) is 47.1 cm³/mol. The van der Waals surface area contributed by atoms with Gasteiger partial charge in [0.25, 0.3) is 0 Å². The molecule has 0 aromatic carbocycles. The highest BCUT2D eigenvalue weighted by atomic mass is 14.2. The van der Waals surface area contributed by atoms with Crippen LogP contribution in [0, 0.1) is 6.08 Å². The van der Waals surface area contributed by atoms with Gasteiger partial charge in [-0.1, -0.05) is 12.2 Å². The second kappa shape index (κ2) is 2.69. The van der Waals surface area contributed by atoms with Crippen LogP contribution in [-0.2, 0) is 0 Å². The topological polar surface area (TPSA) is 0 Å². The summed E-state index contributed by atoms with van der Waals surface area (Å²) in [7, 11) is 0. The summed E-state index contributed by atoms with van der Waals surface area (Å²) in [6, 6.07) is 0. The van der Waals surface area contributed by atoms with Gasteiger partial charge in [0, 0.05) is 0 Å². The molecule has 0 atom stereocenters. The van der Waals surface area contributed by atoms with Gasteiger partial charge < -0.3 is 0 Å². The van der Waals surface area contributed by atoms with E-state index in [1.807, 2.05) is 0 Å². The lowest BCUT2D eigenvalue weighted by Crippen LogP contribution is -1.79. The number of fused-ring (bicyclic) bond motifs is 1. The Morgan fingerprint density at radius 1 is 1.36 bits per heavy atom. The first kappa shape index (κ1) is 6.90. The van der Waals surface area contributed by atoms with Crippen molar-refractivity contribution < 1.29 is 0 Å². The highest BCUT2D eigenvalue weighted by molar-refractivity contribution is 5.48. The van der Waals surface area contributed by atoms with Crippen LogP contribution in [0.1, 0.15) is 32.6 Å². The predicted octanol–water partition coefficient (Wildman–Crippen LogP) is 3.18. The van der Waals surface area contributed by atoms with Gasteiger partial charge in [0.15, 0.2) is 0 Å². The Morgan fingerprint density at radius 2 is 2.27 bits per heavy atom. The quantitative estimate of drug-likeness (QED) is 0.491. The second-order valence-corrected chi connectivity index (χ2v) is 3.34. The summed E-state index contributed by atoms with van der Waals surface area (Å²) < 4.78 is 0. The summed E-state index contributed by atoms with van der Waals surface area (Å²) in [6.07, 6.45) is 13.2. The molecular weight excluding hydrogens is 132 g/mol. The van der Waals surface area contributed by atoms with Crippen molar-refractivity contribution in [3.05, 3.63) is 34.9 Å². The van der Waals surface area contributed by atoms with Crippen molar-refractivity contribution in [3.63, 3.8) is 0 Å².